The van der Waals surface area contributed by atoms with Crippen LogP contribution >= 0.6 is 0 Å². The van der Waals surface area contributed by atoms with Gasteiger partial charge >= 0.3 is 0 Å². The summed E-state index contributed by atoms with van der Waals surface area (Å²) in [6.07, 6.45) is 5.28. The van der Waals surface area contributed by atoms with Crippen molar-refractivity contribution < 1.29 is 4.79 Å². The van der Waals surface area contributed by atoms with Crippen molar-refractivity contribution in [3.05, 3.63) is 48.0 Å². The van der Waals surface area contributed by atoms with Crippen LogP contribution in [-0.4, -0.2) is 27.2 Å². The molecule has 2 aromatic rings. The van der Waals surface area contributed by atoms with Gasteiger partial charge in [0, 0.05) is 12.0 Å². The quantitative estimate of drug-likeness (QED) is 0.913. The fraction of sp³-hybridized carbons (Fsp3) is 0.438. The summed E-state index contributed by atoms with van der Waals surface area (Å²) in [7, 11) is 0. The second kappa shape index (κ2) is 5.31. The van der Waals surface area contributed by atoms with Gasteiger partial charge in [-0.05, 0) is 37.8 Å². The number of hydrogen-bond donors (Lipinski definition) is 1. The van der Waals surface area contributed by atoms with Crippen LogP contribution in [-0.2, 0) is 10.2 Å². The highest BCUT2D eigenvalue weighted by Gasteiger charge is 2.45. The molecule has 1 aliphatic carbocycles. The molecule has 0 radical (unpaired) electrons. The molecule has 0 spiro atoms. The van der Waals surface area contributed by atoms with Crippen LogP contribution in [0.15, 0.2) is 36.9 Å². The molecule has 21 heavy (non-hydrogen) atoms. The predicted molar refractivity (Wildman–Crippen MR) is 79.8 cm³/mol. The highest BCUT2D eigenvalue weighted by molar-refractivity contribution is 5.79. The Labute approximate surface area is 124 Å². The van der Waals surface area contributed by atoms with Gasteiger partial charge in [0.05, 0.1) is 0 Å². The molecular formula is C16H20N4O. The van der Waals surface area contributed by atoms with Gasteiger partial charge in [-0.2, -0.15) is 5.10 Å². The fourth-order valence-corrected chi connectivity index (χ4v) is 2.80. The number of carbonyl (C=O) groups is 1. The molecule has 1 heterocycles. The molecule has 0 aliphatic heterocycles. The zero-order valence-electron chi connectivity index (χ0n) is 12.4. The van der Waals surface area contributed by atoms with Crippen LogP contribution in [0.2, 0.25) is 0 Å². The topological polar surface area (TPSA) is 59.8 Å². The van der Waals surface area contributed by atoms with E-state index in [0.29, 0.717) is 6.54 Å². The number of aryl methyl sites for hydroxylation is 1. The van der Waals surface area contributed by atoms with Crippen molar-refractivity contribution in [1.29, 1.82) is 0 Å². The minimum atomic E-state index is -0.333. The van der Waals surface area contributed by atoms with Crippen molar-refractivity contribution in [1.82, 2.24) is 20.1 Å². The molecule has 3 rings (SSSR count). The third kappa shape index (κ3) is 2.68. The third-order valence-electron chi connectivity index (χ3n) is 4.38. The van der Waals surface area contributed by atoms with Crippen LogP contribution in [0.5, 0.6) is 0 Å². The lowest BCUT2D eigenvalue weighted by Gasteiger charge is -2.20. The molecule has 5 nitrogen and oxygen atoms in total. The predicted octanol–water partition coefficient (Wildman–Crippen LogP) is 2.00. The summed E-state index contributed by atoms with van der Waals surface area (Å²) in [5.74, 6) is -0.0136. The van der Waals surface area contributed by atoms with Crippen molar-refractivity contribution in [2.24, 2.45) is 0 Å². The lowest BCUT2D eigenvalue weighted by atomic mass is 9.92. The van der Waals surface area contributed by atoms with Crippen LogP contribution in [0.1, 0.15) is 36.9 Å². The first-order valence-electron chi connectivity index (χ1n) is 7.30. The summed E-state index contributed by atoms with van der Waals surface area (Å²) in [6.45, 7) is 4.66. The van der Waals surface area contributed by atoms with Gasteiger partial charge in [0.2, 0.25) is 5.91 Å². The first-order valence-corrected chi connectivity index (χ1v) is 7.30. The summed E-state index contributed by atoms with van der Waals surface area (Å²) in [4.78, 5) is 16.1. The monoisotopic (exact) mass is 284 g/mol. The van der Waals surface area contributed by atoms with Crippen LogP contribution in [0.3, 0.4) is 0 Å². The molecule has 1 N–H and O–H groups in total. The first kappa shape index (κ1) is 13.8. The minimum Gasteiger partial charge on any atom is -0.353 e. The third-order valence-corrected chi connectivity index (χ3v) is 4.38. The highest BCUT2D eigenvalue weighted by Crippen LogP contribution is 2.48. The molecule has 1 fully saturated rings. The summed E-state index contributed by atoms with van der Waals surface area (Å²) in [5, 5.41) is 7.09. The molecule has 0 saturated heterocycles. The van der Waals surface area contributed by atoms with Gasteiger partial charge in [0.15, 0.2) is 0 Å². The molecule has 1 aromatic carbocycles. The molecule has 1 aromatic heterocycles. The molecule has 1 aliphatic rings. The maximum atomic E-state index is 12.2. The average molecular weight is 284 g/mol. The fourth-order valence-electron chi connectivity index (χ4n) is 2.80. The van der Waals surface area contributed by atoms with Gasteiger partial charge in [0.1, 0.15) is 18.7 Å². The van der Waals surface area contributed by atoms with Gasteiger partial charge in [-0.3, -0.25) is 4.79 Å². The molecule has 1 saturated carbocycles. The van der Waals surface area contributed by atoms with Crippen molar-refractivity contribution >= 4 is 5.91 Å². The van der Waals surface area contributed by atoms with E-state index in [1.165, 1.54) is 17.5 Å². The Hall–Kier alpha value is -2.17. The summed E-state index contributed by atoms with van der Waals surface area (Å²) in [5.41, 5.74) is 2.79. The molecule has 1 amide bonds. The smallest absolute Gasteiger partial charge is 0.244 e. The number of nitrogens with one attached hydrogen (secondary N) is 1. The van der Waals surface area contributed by atoms with Crippen molar-refractivity contribution in [2.75, 3.05) is 6.54 Å². The highest BCUT2D eigenvalue weighted by atomic mass is 16.2. The van der Waals surface area contributed by atoms with Gasteiger partial charge in [-0.15, -0.1) is 0 Å². The number of rotatable bonds is 5. The number of amides is 1. The van der Waals surface area contributed by atoms with E-state index >= 15 is 0 Å². The Bertz CT molecular complexity index is 631. The maximum absolute atomic E-state index is 12.2. The van der Waals surface area contributed by atoms with Crippen LogP contribution < -0.4 is 5.32 Å². The first-order chi connectivity index (χ1) is 10.1. The van der Waals surface area contributed by atoms with E-state index in [0.717, 1.165) is 12.8 Å². The van der Waals surface area contributed by atoms with E-state index in [2.05, 4.69) is 46.6 Å². The number of nitrogens with zero attached hydrogens (tertiary/aromatic N) is 3. The van der Waals surface area contributed by atoms with E-state index in [1.807, 2.05) is 6.92 Å². The van der Waals surface area contributed by atoms with Gasteiger partial charge in [-0.25, -0.2) is 9.67 Å². The lowest BCUT2D eigenvalue weighted by Crippen LogP contribution is -2.37. The van der Waals surface area contributed by atoms with Crippen molar-refractivity contribution in [3.8, 4) is 0 Å². The Morgan fingerprint density at radius 3 is 2.81 bits per heavy atom. The van der Waals surface area contributed by atoms with Crippen LogP contribution in [0, 0.1) is 6.92 Å². The second-order valence-corrected chi connectivity index (χ2v) is 5.86. The Morgan fingerprint density at radius 1 is 1.43 bits per heavy atom. The van der Waals surface area contributed by atoms with Gasteiger partial charge < -0.3 is 5.32 Å². The molecule has 110 valence electrons. The van der Waals surface area contributed by atoms with E-state index in [1.54, 1.807) is 11.0 Å². The van der Waals surface area contributed by atoms with Crippen molar-refractivity contribution in [3.63, 3.8) is 0 Å². The normalized spacial score (nSPS) is 17.2. The van der Waals surface area contributed by atoms with Crippen LogP contribution in [0.4, 0.5) is 0 Å². The average Bonchev–Trinajstić information content (AvgIpc) is 3.08. The number of carbonyl (C=O) groups excluding carboxylic acids is 1. The van der Waals surface area contributed by atoms with E-state index < -0.39 is 0 Å². The molecule has 0 unspecified atom stereocenters. The minimum absolute atomic E-state index is 0.0136. The van der Waals surface area contributed by atoms with Crippen molar-refractivity contribution in [2.45, 2.75) is 38.1 Å². The molecule has 1 atom stereocenters. The number of aromatic nitrogens is 3. The summed E-state index contributed by atoms with van der Waals surface area (Å²) >= 11 is 0. The zero-order chi connectivity index (χ0) is 14.9. The molecule has 0 bridgehead atoms. The number of hydrogen-bond acceptors (Lipinski definition) is 3. The second-order valence-electron chi connectivity index (χ2n) is 5.86. The SMILES string of the molecule is Cc1ccccc1C1(CNC(=O)[C@H](C)n2cncn2)CC1. The molecule has 5 heteroatoms. The summed E-state index contributed by atoms with van der Waals surface area (Å²) < 4.78 is 1.57. The summed E-state index contributed by atoms with van der Waals surface area (Å²) in [6, 6.07) is 8.10. The zero-order valence-corrected chi connectivity index (χ0v) is 12.4. The largest absolute Gasteiger partial charge is 0.353 e. The molecular weight excluding hydrogens is 264 g/mol. The Morgan fingerprint density at radius 2 is 2.19 bits per heavy atom. The van der Waals surface area contributed by atoms with Gasteiger partial charge in [0.25, 0.3) is 0 Å². The van der Waals surface area contributed by atoms with E-state index in [4.69, 9.17) is 0 Å². The number of benzene rings is 1. The van der Waals surface area contributed by atoms with Gasteiger partial charge in [-0.1, -0.05) is 24.3 Å². The lowest BCUT2D eigenvalue weighted by molar-refractivity contribution is -0.124. The Balaban J connectivity index is 1.65. The Kier molecular flexibility index (Phi) is 3.49. The van der Waals surface area contributed by atoms with E-state index in [-0.39, 0.29) is 17.4 Å². The van der Waals surface area contributed by atoms with E-state index in [9.17, 15) is 4.79 Å². The van der Waals surface area contributed by atoms with Crippen LogP contribution in [0.25, 0.3) is 0 Å². The standard InChI is InChI=1S/C16H20N4O/c1-12-5-3-4-6-14(12)16(7-8-16)9-18-15(21)13(2)20-11-17-10-19-20/h3-6,10-11,13H,7-9H2,1-2H3,(H,18,21)/t13-/m0/s1. The maximum Gasteiger partial charge on any atom is 0.244 e.